The van der Waals surface area contributed by atoms with Crippen LogP contribution in [-0.4, -0.2) is 38.8 Å². The Balaban J connectivity index is 1.86. The van der Waals surface area contributed by atoms with Gasteiger partial charge in [-0.1, -0.05) is 18.1 Å². The van der Waals surface area contributed by atoms with Gasteiger partial charge in [0.05, 0.1) is 5.69 Å². The summed E-state index contributed by atoms with van der Waals surface area (Å²) in [6, 6.07) is 3.85. The van der Waals surface area contributed by atoms with Crippen LogP contribution in [0.25, 0.3) is 17.5 Å². The Morgan fingerprint density at radius 2 is 2.12 bits per heavy atom. The largest absolute Gasteiger partial charge is 0.332 e. The molecule has 2 aromatic heterocycles. The van der Waals surface area contributed by atoms with Crippen LogP contribution in [0.2, 0.25) is 0 Å². The van der Waals surface area contributed by atoms with E-state index in [0.717, 1.165) is 29.7 Å². The first-order valence-electron chi connectivity index (χ1n) is 8.84. The van der Waals surface area contributed by atoms with E-state index in [4.69, 9.17) is 4.98 Å². The minimum absolute atomic E-state index is 0.0848. The molecule has 1 amide bonds. The third-order valence-electron chi connectivity index (χ3n) is 4.51. The first-order valence-corrected chi connectivity index (χ1v) is 8.84. The van der Waals surface area contributed by atoms with Crippen LogP contribution < -0.4 is 0 Å². The molecule has 0 unspecified atom stereocenters. The van der Waals surface area contributed by atoms with E-state index in [1.807, 2.05) is 42.3 Å². The fourth-order valence-corrected chi connectivity index (χ4v) is 3.22. The summed E-state index contributed by atoms with van der Waals surface area (Å²) in [6.45, 7) is 5.09. The van der Waals surface area contributed by atoms with Gasteiger partial charge in [0.25, 0.3) is 5.91 Å². The maximum Gasteiger partial charge on any atom is 0.298 e. The van der Waals surface area contributed by atoms with Crippen molar-refractivity contribution in [3.8, 4) is 23.2 Å². The number of hydrogen-bond acceptors (Lipinski definition) is 4. The zero-order valence-corrected chi connectivity index (χ0v) is 15.1. The number of amides is 1. The highest BCUT2D eigenvalue weighted by atomic mass is 16.2. The van der Waals surface area contributed by atoms with Gasteiger partial charge in [-0.05, 0) is 44.7 Å². The minimum Gasteiger partial charge on any atom is -0.332 e. The molecule has 2 aromatic rings. The van der Waals surface area contributed by atoms with Gasteiger partial charge < -0.3 is 4.90 Å². The van der Waals surface area contributed by atoms with E-state index in [0.29, 0.717) is 24.8 Å². The van der Waals surface area contributed by atoms with E-state index in [1.54, 1.807) is 19.3 Å². The lowest BCUT2D eigenvalue weighted by molar-refractivity contribution is -0.126. The van der Waals surface area contributed by atoms with Crippen molar-refractivity contribution in [2.75, 3.05) is 13.1 Å². The molecule has 5 nitrogen and oxygen atoms in total. The van der Waals surface area contributed by atoms with E-state index in [1.165, 1.54) is 0 Å². The number of rotatable bonds is 3. The zero-order chi connectivity index (χ0) is 18.4. The molecule has 0 atom stereocenters. The Hall–Kier alpha value is -3.00. The molecular weight excluding hydrogens is 324 g/mol. The summed E-state index contributed by atoms with van der Waals surface area (Å²) >= 11 is 0. The predicted octanol–water partition coefficient (Wildman–Crippen LogP) is 3.30. The number of piperidine rings is 1. The SMILES string of the molecule is CC#CC(=O)N1CCC(c2nc(-c3cccnc3)ncc2/C=C/C)CC1. The van der Waals surface area contributed by atoms with Crippen LogP contribution in [0.5, 0.6) is 0 Å². The van der Waals surface area contributed by atoms with Crippen molar-refractivity contribution in [1.29, 1.82) is 0 Å². The maximum absolute atomic E-state index is 12.0. The first kappa shape index (κ1) is 17.8. The number of pyridine rings is 1. The lowest BCUT2D eigenvalue weighted by Crippen LogP contribution is -2.37. The smallest absolute Gasteiger partial charge is 0.298 e. The summed E-state index contributed by atoms with van der Waals surface area (Å²) in [5.41, 5.74) is 3.00. The number of carbonyl (C=O) groups excluding carboxylic acids is 1. The third kappa shape index (κ3) is 3.97. The topological polar surface area (TPSA) is 59.0 Å². The second kappa shape index (κ2) is 8.39. The van der Waals surface area contributed by atoms with E-state index in [2.05, 4.69) is 21.8 Å². The molecule has 1 saturated heterocycles. The highest BCUT2D eigenvalue weighted by Crippen LogP contribution is 2.30. The molecule has 0 saturated carbocycles. The van der Waals surface area contributed by atoms with Crippen molar-refractivity contribution < 1.29 is 4.79 Å². The molecule has 0 N–H and O–H groups in total. The molecule has 0 aromatic carbocycles. The lowest BCUT2D eigenvalue weighted by atomic mass is 9.90. The Morgan fingerprint density at radius 3 is 2.77 bits per heavy atom. The molecule has 1 aliphatic heterocycles. The zero-order valence-electron chi connectivity index (χ0n) is 15.1. The van der Waals surface area contributed by atoms with Gasteiger partial charge in [-0.3, -0.25) is 9.78 Å². The molecule has 3 rings (SSSR count). The Morgan fingerprint density at radius 1 is 1.31 bits per heavy atom. The van der Waals surface area contributed by atoms with Crippen LogP contribution >= 0.6 is 0 Å². The molecule has 0 aliphatic carbocycles. The van der Waals surface area contributed by atoms with E-state index in [9.17, 15) is 4.79 Å². The lowest BCUT2D eigenvalue weighted by Gasteiger charge is -2.31. The van der Waals surface area contributed by atoms with Crippen molar-refractivity contribution in [1.82, 2.24) is 19.9 Å². The molecular formula is C21H22N4O. The number of aromatic nitrogens is 3. The molecule has 5 heteroatoms. The predicted molar refractivity (Wildman–Crippen MR) is 102 cm³/mol. The quantitative estimate of drug-likeness (QED) is 0.800. The Labute approximate surface area is 154 Å². The standard InChI is InChI=1S/C21H22N4O/c1-3-6-17-15-23-21(18-8-5-11-22-14-18)24-20(17)16-9-12-25(13-10-16)19(26)7-4-2/h3,5-6,8,11,14-16H,9-10,12-13H2,1-2H3/b6-3+. The van der Waals surface area contributed by atoms with Crippen molar-refractivity contribution in [3.05, 3.63) is 48.1 Å². The molecule has 132 valence electrons. The molecule has 1 fully saturated rings. The molecule has 0 bridgehead atoms. The number of carbonyl (C=O) groups is 1. The summed E-state index contributed by atoms with van der Waals surface area (Å²) in [7, 11) is 0. The van der Waals surface area contributed by atoms with Crippen LogP contribution in [0, 0.1) is 11.8 Å². The minimum atomic E-state index is -0.0848. The number of allylic oxidation sites excluding steroid dienone is 1. The number of hydrogen-bond donors (Lipinski definition) is 0. The van der Waals surface area contributed by atoms with Gasteiger partial charge in [0.1, 0.15) is 0 Å². The normalized spacial score (nSPS) is 14.9. The second-order valence-electron chi connectivity index (χ2n) is 6.22. The molecule has 0 radical (unpaired) electrons. The van der Waals surface area contributed by atoms with Crippen LogP contribution in [0.4, 0.5) is 0 Å². The van der Waals surface area contributed by atoms with Crippen LogP contribution in [0.1, 0.15) is 43.9 Å². The Kier molecular flexibility index (Phi) is 5.75. The summed E-state index contributed by atoms with van der Waals surface area (Å²) in [6.07, 6.45) is 11.2. The summed E-state index contributed by atoms with van der Waals surface area (Å²) in [5, 5.41) is 0. The fraction of sp³-hybridized carbons (Fsp3) is 0.333. The monoisotopic (exact) mass is 346 g/mol. The van der Waals surface area contributed by atoms with E-state index < -0.39 is 0 Å². The average molecular weight is 346 g/mol. The van der Waals surface area contributed by atoms with Gasteiger partial charge in [0.15, 0.2) is 5.82 Å². The van der Waals surface area contributed by atoms with E-state index in [-0.39, 0.29) is 5.91 Å². The maximum atomic E-state index is 12.0. The summed E-state index contributed by atoms with van der Waals surface area (Å²) < 4.78 is 0. The molecule has 3 heterocycles. The van der Waals surface area contributed by atoms with Crippen molar-refractivity contribution in [3.63, 3.8) is 0 Å². The molecule has 26 heavy (non-hydrogen) atoms. The highest BCUT2D eigenvalue weighted by Gasteiger charge is 2.26. The van der Waals surface area contributed by atoms with Gasteiger partial charge in [-0.15, -0.1) is 0 Å². The Bertz CT molecular complexity index is 857. The number of likely N-dealkylation sites (tertiary alicyclic amines) is 1. The summed E-state index contributed by atoms with van der Waals surface area (Å²) in [4.78, 5) is 27.3. The van der Waals surface area contributed by atoms with E-state index >= 15 is 0 Å². The van der Waals surface area contributed by atoms with Crippen molar-refractivity contribution >= 4 is 12.0 Å². The van der Waals surface area contributed by atoms with Crippen LogP contribution in [0.3, 0.4) is 0 Å². The number of nitrogens with zero attached hydrogens (tertiary/aromatic N) is 4. The van der Waals surface area contributed by atoms with Crippen molar-refractivity contribution in [2.45, 2.75) is 32.6 Å². The van der Waals surface area contributed by atoms with Gasteiger partial charge in [-0.2, -0.15) is 0 Å². The first-order chi connectivity index (χ1) is 12.7. The average Bonchev–Trinajstić information content (AvgIpc) is 2.69. The van der Waals surface area contributed by atoms with Crippen LogP contribution in [-0.2, 0) is 4.79 Å². The fourth-order valence-electron chi connectivity index (χ4n) is 3.22. The van der Waals surface area contributed by atoms with Gasteiger partial charge in [0, 0.05) is 48.7 Å². The molecule has 0 spiro atoms. The molecule has 1 aliphatic rings. The summed E-state index contributed by atoms with van der Waals surface area (Å²) in [5.74, 6) is 6.22. The van der Waals surface area contributed by atoms with Gasteiger partial charge in [0.2, 0.25) is 0 Å². The highest BCUT2D eigenvalue weighted by molar-refractivity contribution is 5.93. The second-order valence-corrected chi connectivity index (χ2v) is 6.22. The van der Waals surface area contributed by atoms with Crippen molar-refractivity contribution in [2.24, 2.45) is 0 Å². The van der Waals surface area contributed by atoms with Crippen LogP contribution in [0.15, 0.2) is 36.8 Å². The van der Waals surface area contributed by atoms with Gasteiger partial charge in [-0.25, -0.2) is 9.97 Å². The van der Waals surface area contributed by atoms with Gasteiger partial charge >= 0.3 is 0 Å². The third-order valence-corrected chi connectivity index (χ3v) is 4.51.